The molecule has 2 heterocycles. The van der Waals surface area contributed by atoms with E-state index >= 15 is 0 Å². The number of rotatable bonds is 3. The Morgan fingerprint density at radius 2 is 1.88 bits per heavy atom. The zero-order valence-electron chi connectivity index (χ0n) is 13.9. The summed E-state index contributed by atoms with van der Waals surface area (Å²) in [6, 6.07) is 12.2. The van der Waals surface area contributed by atoms with Crippen LogP contribution in [0.3, 0.4) is 0 Å². The number of benzene rings is 2. The van der Waals surface area contributed by atoms with Crippen molar-refractivity contribution >= 4 is 11.0 Å². The van der Waals surface area contributed by atoms with Gasteiger partial charge in [0.2, 0.25) is 11.8 Å². The highest BCUT2D eigenvalue weighted by Crippen LogP contribution is 2.27. The molecular formula is C19H17FN4O. The van der Waals surface area contributed by atoms with Gasteiger partial charge in [0.1, 0.15) is 5.82 Å². The Morgan fingerprint density at radius 3 is 2.64 bits per heavy atom. The number of fused-ring (bicyclic) bond motifs is 1. The van der Waals surface area contributed by atoms with Gasteiger partial charge in [0.15, 0.2) is 0 Å². The van der Waals surface area contributed by atoms with Gasteiger partial charge in [-0.1, -0.05) is 18.2 Å². The van der Waals surface area contributed by atoms with Crippen LogP contribution in [0, 0.1) is 19.7 Å². The van der Waals surface area contributed by atoms with Crippen LogP contribution in [0.5, 0.6) is 5.88 Å². The van der Waals surface area contributed by atoms with Gasteiger partial charge in [-0.3, -0.25) is 0 Å². The highest BCUT2D eigenvalue weighted by atomic mass is 19.1. The first kappa shape index (κ1) is 15.4. The molecule has 0 saturated heterocycles. The number of hydrogen-bond acceptors (Lipinski definition) is 3. The summed E-state index contributed by atoms with van der Waals surface area (Å²) in [4.78, 5) is 7.68. The van der Waals surface area contributed by atoms with E-state index in [0.29, 0.717) is 23.6 Å². The molecule has 0 aliphatic heterocycles. The highest BCUT2D eigenvalue weighted by molar-refractivity contribution is 5.77. The number of aromatic amines is 1. The summed E-state index contributed by atoms with van der Waals surface area (Å²) in [5, 5.41) is 15.0. The van der Waals surface area contributed by atoms with E-state index in [1.165, 1.54) is 16.8 Å². The molecule has 0 radical (unpaired) electrons. The normalized spacial score (nSPS) is 11.3. The summed E-state index contributed by atoms with van der Waals surface area (Å²) in [7, 11) is 0. The number of aryl methyl sites for hydroxylation is 2. The van der Waals surface area contributed by atoms with Gasteiger partial charge >= 0.3 is 0 Å². The van der Waals surface area contributed by atoms with Gasteiger partial charge in [-0.2, -0.15) is 9.78 Å². The molecule has 0 spiro atoms. The highest BCUT2D eigenvalue weighted by Gasteiger charge is 2.18. The molecule has 0 bridgehead atoms. The minimum atomic E-state index is -0.280. The predicted octanol–water partition coefficient (Wildman–Crippen LogP) is 3.80. The van der Waals surface area contributed by atoms with Gasteiger partial charge < -0.3 is 10.1 Å². The van der Waals surface area contributed by atoms with Crippen molar-refractivity contribution in [1.82, 2.24) is 19.7 Å². The third kappa shape index (κ3) is 2.76. The van der Waals surface area contributed by atoms with Crippen LogP contribution in [-0.2, 0) is 6.42 Å². The number of H-pyrrole nitrogens is 1. The van der Waals surface area contributed by atoms with Gasteiger partial charge in [-0.25, -0.2) is 9.37 Å². The lowest BCUT2D eigenvalue weighted by molar-refractivity contribution is 0.426. The molecule has 0 aliphatic carbocycles. The average molecular weight is 336 g/mol. The molecule has 4 aromatic rings. The smallest absolute Gasteiger partial charge is 0.232 e. The molecule has 2 N–H and O–H groups in total. The van der Waals surface area contributed by atoms with Crippen LogP contribution in [0.1, 0.15) is 22.4 Å². The zero-order valence-corrected chi connectivity index (χ0v) is 13.9. The number of aromatic nitrogens is 4. The molecule has 6 heteroatoms. The van der Waals surface area contributed by atoms with Crippen molar-refractivity contribution in [2.24, 2.45) is 0 Å². The van der Waals surface area contributed by atoms with E-state index in [1.807, 2.05) is 32.0 Å². The molecule has 2 aromatic carbocycles. The van der Waals surface area contributed by atoms with Crippen molar-refractivity contribution in [2.75, 3.05) is 0 Å². The molecule has 0 amide bonds. The standard InChI is InChI=1S/C19H17FN4O/c1-11-3-8-16-17(9-11)22-19(21-16)24-18(25)15(12(2)23-24)10-13-4-6-14(20)7-5-13/h3-9,25H,10H2,1-2H3,(H,21,22). The molecule has 4 rings (SSSR count). The Hall–Kier alpha value is -3.15. The lowest BCUT2D eigenvalue weighted by atomic mass is 10.1. The molecule has 0 fully saturated rings. The number of halogens is 1. The fourth-order valence-corrected chi connectivity index (χ4v) is 2.91. The van der Waals surface area contributed by atoms with Crippen molar-refractivity contribution in [3.63, 3.8) is 0 Å². The van der Waals surface area contributed by atoms with Crippen LogP contribution in [-0.4, -0.2) is 24.9 Å². The minimum Gasteiger partial charge on any atom is -0.493 e. The summed E-state index contributed by atoms with van der Waals surface area (Å²) in [6.45, 7) is 3.84. The van der Waals surface area contributed by atoms with E-state index in [0.717, 1.165) is 22.2 Å². The van der Waals surface area contributed by atoms with Crippen LogP contribution in [0.25, 0.3) is 17.0 Å². The largest absolute Gasteiger partial charge is 0.493 e. The molecule has 5 nitrogen and oxygen atoms in total. The van der Waals surface area contributed by atoms with Crippen molar-refractivity contribution < 1.29 is 9.50 Å². The topological polar surface area (TPSA) is 66.7 Å². The third-order valence-corrected chi connectivity index (χ3v) is 4.28. The summed E-state index contributed by atoms with van der Waals surface area (Å²) < 4.78 is 14.5. The minimum absolute atomic E-state index is 0.0394. The third-order valence-electron chi connectivity index (χ3n) is 4.28. The van der Waals surface area contributed by atoms with Gasteiger partial charge in [-0.15, -0.1) is 0 Å². The summed E-state index contributed by atoms with van der Waals surface area (Å²) in [5.74, 6) is 0.224. The average Bonchev–Trinajstić information content (AvgIpc) is 3.12. The van der Waals surface area contributed by atoms with Crippen molar-refractivity contribution in [2.45, 2.75) is 20.3 Å². The van der Waals surface area contributed by atoms with E-state index in [1.54, 1.807) is 12.1 Å². The number of imidazole rings is 1. The monoisotopic (exact) mass is 336 g/mol. The molecule has 0 atom stereocenters. The predicted molar refractivity (Wildman–Crippen MR) is 93.6 cm³/mol. The fraction of sp³-hybridized carbons (Fsp3) is 0.158. The van der Waals surface area contributed by atoms with E-state index in [4.69, 9.17) is 0 Å². The second kappa shape index (κ2) is 5.73. The van der Waals surface area contributed by atoms with Crippen LogP contribution in [0.4, 0.5) is 4.39 Å². The quantitative estimate of drug-likeness (QED) is 0.598. The zero-order chi connectivity index (χ0) is 17.6. The van der Waals surface area contributed by atoms with E-state index < -0.39 is 0 Å². The first-order valence-corrected chi connectivity index (χ1v) is 8.00. The van der Waals surface area contributed by atoms with E-state index in [2.05, 4.69) is 15.1 Å². The Labute approximate surface area is 143 Å². The van der Waals surface area contributed by atoms with Gasteiger partial charge in [0, 0.05) is 12.0 Å². The van der Waals surface area contributed by atoms with Crippen LogP contribution in [0.15, 0.2) is 42.5 Å². The Kier molecular flexibility index (Phi) is 3.53. The fourth-order valence-electron chi connectivity index (χ4n) is 2.91. The molecule has 0 saturated carbocycles. The first-order valence-electron chi connectivity index (χ1n) is 8.00. The molecule has 0 unspecified atom stereocenters. The van der Waals surface area contributed by atoms with Gasteiger partial charge in [-0.05, 0) is 49.2 Å². The lowest BCUT2D eigenvalue weighted by Gasteiger charge is -2.02. The summed E-state index contributed by atoms with van der Waals surface area (Å²) in [5.41, 5.74) is 5.13. The maximum absolute atomic E-state index is 13.1. The molecule has 0 aliphatic rings. The van der Waals surface area contributed by atoms with Crippen LogP contribution < -0.4 is 0 Å². The molecule has 2 aromatic heterocycles. The summed E-state index contributed by atoms with van der Waals surface area (Å²) >= 11 is 0. The van der Waals surface area contributed by atoms with Crippen LogP contribution in [0.2, 0.25) is 0 Å². The van der Waals surface area contributed by atoms with Crippen molar-refractivity contribution in [3.05, 3.63) is 70.7 Å². The number of aromatic hydroxyl groups is 1. The second-order valence-electron chi connectivity index (χ2n) is 6.18. The van der Waals surface area contributed by atoms with Crippen molar-refractivity contribution in [3.8, 4) is 11.8 Å². The number of nitrogens with zero attached hydrogens (tertiary/aromatic N) is 3. The molecular weight excluding hydrogens is 319 g/mol. The SMILES string of the molecule is Cc1ccc2[nH]c(-n3nc(C)c(Cc4ccc(F)cc4)c3O)nc2c1. The van der Waals surface area contributed by atoms with Crippen molar-refractivity contribution in [1.29, 1.82) is 0 Å². The second-order valence-corrected chi connectivity index (χ2v) is 6.18. The number of nitrogens with one attached hydrogen (secondary N) is 1. The van der Waals surface area contributed by atoms with Gasteiger partial charge in [0.25, 0.3) is 0 Å². The Bertz CT molecular complexity index is 1060. The number of hydrogen-bond donors (Lipinski definition) is 2. The van der Waals surface area contributed by atoms with Gasteiger partial charge in [0.05, 0.1) is 16.7 Å². The Balaban J connectivity index is 1.74. The lowest BCUT2D eigenvalue weighted by Crippen LogP contribution is -1.98. The molecule has 126 valence electrons. The first-order chi connectivity index (χ1) is 12.0. The molecule has 25 heavy (non-hydrogen) atoms. The van der Waals surface area contributed by atoms with E-state index in [-0.39, 0.29) is 11.7 Å². The maximum atomic E-state index is 13.1. The summed E-state index contributed by atoms with van der Waals surface area (Å²) in [6.07, 6.45) is 0.470. The van der Waals surface area contributed by atoms with Crippen LogP contribution >= 0.6 is 0 Å². The van der Waals surface area contributed by atoms with E-state index in [9.17, 15) is 9.50 Å². The maximum Gasteiger partial charge on any atom is 0.232 e. The Morgan fingerprint density at radius 1 is 1.12 bits per heavy atom.